The Bertz CT molecular complexity index is 849. The van der Waals surface area contributed by atoms with Crippen molar-refractivity contribution in [2.24, 2.45) is 0 Å². The highest BCUT2D eigenvalue weighted by Crippen LogP contribution is 2.39. The molecule has 0 bridgehead atoms. The molecule has 40 heavy (non-hydrogen) atoms. The lowest BCUT2D eigenvalue weighted by molar-refractivity contribution is 0.245. The fourth-order valence-electron chi connectivity index (χ4n) is 3.92. The first-order valence-electron chi connectivity index (χ1n) is 11.5. The maximum Gasteiger partial charge on any atom is 0.328 e. The van der Waals surface area contributed by atoms with E-state index in [9.17, 15) is 39.1 Å². The lowest BCUT2D eigenvalue weighted by Crippen LogP contribution is -2.36. The molecule has 3 rings (SSSR count). The van der Waals surface area contributed by atoms with Crippen LogP contribution in [-0.2, 0) is 18.1 Å². The monoisotopic (exact) mass is 684 g/mol. The molecule has 0 atom stereocenters. The molecule has 0 saturated heterocycles. The minimum absolute atomic E-state index is 0.126. The summed E-state index contributed by atoms with van der Waals surface area (Å²) in [6.07, 6.45) is 1.01. The second kappa shape index (κ2) is 17.8. The molecule has 22 heteroatoms. The van der Waals surface area contributed by atoms with E-state index in [1.54, 1.807) is 0 Å². The molecule has 0 amide bonds. The summed E-state index contributed by atoms with van der Waals surface area (Å²) in [6, 6.07) is 0. The van der Waals surface area contributed by atoms with E-state index in [2.05, 4.69) is 0 Å². The van der Waals surface area contributed by atoms with Crippen molar-refractivity contribution in [3.8, 4) is 0 Å². The van der Waals surface area contributed by atoms with Crippen molar-refractivity contribution in [3.05, 3.63) is 21.5 Å². The van der Waals surface area contributed by atoms with Crippen LogP contribution in [0.25, 0.3) is 0 Å². The molecule has 0 aromatic carbocycles. The van der Waals surface area contributed by atoms with E-state index in [1.165, 1.54) is 22.7 Å². The normalized spacial score (nSPS) is 15.9. The Labute approximate surface area is 243 Å². The van der Waals surface area contributed by atoms with Gasteiger partial charge >= 0.3 is 34.4 Å². The summed E-state index contributed by atoms with van der Waals surface area (Å²) >= 11 is 2.79. The van der Waals surface area contributed by atoms with Gasteiger partial charge in [0, 0.05) is 47.7 Å². The molecule has 0 unspecified atom stereocenters. The average Bonchev–Trinajstić information content (AvgIpc) is 3.56. The molecule has 1 aliphatic rings. The summed E-state index contributed by atoms with van der Waals surface area (Å²) in [7, 11) is -10.4. The van der Waals surface area contributed by atoms with Crippen LogP contribution in [0.15, 0.2) is 21.5 Å². The van der Waals surface area contributed by atoms with Crippen LogP contribution < -0.4 is 19.6 Å². The van der Waals surface area contributed by atoms with Gasteiger partial charge in [0.15, 0.2) is 0 Å². The van der Waals surface area contributed by atoms with E-state index in [0.29, 0.717) is 61.8 Å². The van der Waals surface area contributed by atoms with Gasteiger partial charge in [-0.05, 0) is 12.8 Å². The summed E-state index contributed by atoms with van der Waals surface area (Å²) in [4.78, 5) is 82.3. The van der Waals surface area contributed by atoms with Crippen molar-refractivity contribution in [1.82, 2.24) is 0 Å². The summed E-state index contributed by atoms with van der Waals surface area (Å²) in [5.41, 5.74) is 2.84. The number of rotatable bonds is 12. The molecular formula is C18H32N4O12P4S2. The van der Waals surface area contributed by atoms with Crippen molar-refractivity contribution in [1.29, 1.82) is 0 Å². The van der Waals surface area contributed by atoms with Gasteiger partial charge in [-0.3, -0.25) is 18.1 Å². The molecule has 0 spiro atoms. The van der Waals surface area contributed by atoms with Crippen LogP contribution in [0.4, 0.5) is 22.7 Å². The zero-order valence-corrected chi connectivity index (χ0v) is 26.2. The van der Waals surface area contributed by atoms with Crippen molar-refractivity contribution < 1.29 is 57.2 Å². The Morgan fingerprint density at radius 1 is 0.475 bits per heavy atom. The standard InChI is InChI=1S/C18H32N4O12P4S2/c23-35(24)31-11-19-3-1-4-20(12-32-36(25)26)16-8-40-10-18(16)22(14-34-38(29)30)6-2-5-21(13-33-37(27)28)17-9-39-7-15(17)19/h7-10,23-30H,1-6,11-14H2. The third kappa shape index (κ3) is 11.2. The first-order valence-corrected chi connectivity index (χ1v) is 18.1. The quantitative estimate of drug-likeness (QED) is 0.151. The first kappa shape index (κ1) is 34.3. The third-order valence-corrected chi connectivity index (χ3v) is 8.46. The molecule has 2 aromatic rings. The largest absolute Gasteiger partial charge is 0.346 e. The van der Waals surface area contributed by atoms with Gasteiger partial charge in [0.25, 0.3) is 0 Å². The maximum absolute atomic E-state index is 9.38. The maximum atomic E-state index is 9.38. The zero-order chi connectivity index (χ0) is 29.1. The highest BCUT2D eigenvalue weighted by atomic mass is 32.1. The predicted octanol–water partition coefficient (Wildman–Crippen LogP) is 2.27. The SMILES string of the molecule is OP(O)OCN1CCCN(COP(O)O)c2cscc2N(COP(O)O)CCCN(COP(O)O)c2cscc21. The van der Waals surface area contributed by atoms with Crippen LogP contribution >= 0.6 is 57.1 Å². The summed E-state index contributed by atoms with van der Waals surface area (Å²) in [5, 5.41) is 7.46. The number of nitrogens with zero attached hydrogens (tertiary/aromatic N) is 4. The van der Waals surface area contributed by atoms with Gasteiger partial charge in [0.05, 0.1) is 22.7 Å². The van der Waals surface area contributed by atoms with Crippen LogP contribution in [0, 0.1) is 0 Å². The Morgan fingerprint density at radius 2 is 0.700 bits per heavy atom. The minimum Gasteiger partial charge on any atom is -0.346 e. The Hall–Kier alpha value is -0.160. The van der Waals surface area contributed by atoms with Crippen LogP contribution in [0.5, 0.6) is 0 Å². The van der Waals surface area contributed by atoms with E-state index in [1.807, 2.05) is 41.1 Å². The third-order valence-electron chi connectivity index (χ3n) is 5.63. The van der Waals surface area contributed by atoms with Crippen LogP contribution in [-0.4, -0.2) is 92.2 Å². The number of hydrogen-bond donors (Lipinski definition) is 8. The van der Waals surface area contributed by atoms with Crippen molar-refractivity contribution in [2.75, 3.05) is 72.7 Å². The topological polar surface area (TPSA) is 212 Å². The molecule has 0 saturated carbocycles. The molecule has 228 valence electrons. The Morgan fingerprint density at radius 3 is 0.900 bits per heavy atom. The lowest BCUT2D eigenvalue weighted by atomic mass is 10.2. The van der Waals surface area contributed by atoms with Gasteiger partial charge in [0.1, 0.15) is 26.9 Å². The molecule has 16 nitrogen and oxygen atoms in total. The number of thiophene rings is 2. The highest BCUT2D eigenvalue weighted by molar-refractivity contribution is 7.40. The van der Waals surface area contributed by atoms with Gasteiger partial charge in [-0.15, -0.1) is 22.7 Å². The second-order valence-corrected chi connectivity index (χ2v) is 12.6. The fraction of sp³-hybridized carbons (Fsp3) is 0.556. The summed E-state index contributed by atoms with van der Waals surface area (Å²) < 4.78 is 20.6. The predicted molar refractivity (Wildman–Crippen MR) is 156 cm³/mol. The van der Waals surface area contributed by atoms with Gasteiger partial charge in [0.2, 0.25) is 0 Å². The van der Waals surface area contributed by atoms with E-state index in [0.717, 1.165) is 0 Å². The van der Waals surface area contributed by atoms with Gasteiger partial charge < -0.3 is 58.7 Å². The van der Waals surface area contributed by atoms with E-state index < -0.39 is 34.4 Å². The van der Waals surface area contributed by atoms with Crippen molar-refractivity contribution >= 4 is 79.8 Å². The average molecular weight is 685 g/mol. The molecule has 3 heterocycles. The van der Waals surface area contributed by atoms with Gasteiger partial charge in [-0.25, -0.2) is 0 Å². The van der Waals surface area contributed by atoms with E-state index >= 15 is 0 Å². The molecular weight excluding hydrogens is 652 g/mol. The number of hydrogen-bond acceptors (Lipinski definition) is 18. The fourth-order valence-corrected chi connectivity index (χ4v) is 6.62. The molecule has 0 fully saturated rings. The number of fused-ring (bicyclic) bond motifs is 2. The highest BCUT2D eigenvalue weighted by Gasteiger charge is 2.24. The van der Waals surface area contributed by atoms with Gasteiger partial charge in [-0.1, -0.05) is 0 Å². The van der Waals surface area contributed by atoms with Crippen molar-refractivity contribution in [2.45, 2.75) is 12.8 Å². The lowest BCUT2D eigenvalue weighted by Gasteiger charge is -2.34. The molecule has 1 aliphatic heterocycles. The van der Waals surface area contributed by atoms with Crippen LogP contribution in [0.3, 0.4) is 0 Å². The Kier molecular flexibility index (Phi) is 15.3. The molecule has 0 aliphatic carbocycles. The Balaban J connectivity index is 1.95. The van der Waals surface area contributed by atoms with Crippen LogP contribution in [0.1, 0.15) is 12.8 Å². The summed E-state index contributed by atoms with van der Waals surface area (Å²) in [5.74, 6) is 0. The number of anilines is 4. The van der Waals surface area contributed by atoms with E-state index in [-0.39, 0.29) is 26.9 Å². The first-order chi connectivity index (χ1) is 19.2. The molecule has 2 aromatic heterocycles. The van der Waals surface area contributed by atoms with Crippen molar-refractivity contribution in [3.63, 3.8) is 0 Å². The van der Waals surface area contributed by atoms with Gasteiger partial charge in [-0.2, -0.15) is 0 Å². The minimum atomic E-state index is -2.61. The molecule has 0 radical (unpaired) electrons. The summed E-state index contributed by atoms with van der Waals surface area (Å²) in [6.45, 7) is 1.07. The molecule has 8 N–H and O–H groups in total. The smallest absolute Gasteiger partial charge is 0.328 e. The zero-order valence-electron chi connectivity index (χ0n) is 21.0. The van der Waals surface area contributed by atoms with E-state index in [4.69, 9.17) is 18.1 Å². The second-order valence-electron chi connectivity index (χ2n) is 8.09. The van der Waals surface area contributed by atoms with Crippen LogP contribution in [0.2, 0.25) is 0 Å².